The van der Waals surface area contributed by atoms with Crippen molar-refractivity contribution in [1.29, 1.82) is 0 Å². The van der Waals surface area contributed by atoms with Gasteiger partial charge in [-0.15, -0.1) is 0 Å². The van der Waals surface area contributed by atoms with Crippen LogP contribution in [-0.2, 0) is 11.2 Å². The van der Waals surface area contributed by atoms with Crippen molar-refractivity contribution in [3.05, 3.63) is 63.7 Å². The van der Waals surface area contributed by atoms with Gasteiger partial charge in [0.1, 0.15) is 17.7 Å². The zero-order valence-corrected chi connectivity index (χ0v) is 15.6. The molecule has 0 N–H and O–H groups in total. The molecule has 1 fully saturated rings. The molecule has 0 aromatic carbocycles. The van der Waals surface area contributed by atoms with E-state index in [-0.39, 0.29) is 18.0 Å². The molecule has 3 aromatic heterocycles. The lowest BCUT2D eigenvalue weighted by atomic mass is 10.2. The van der Waals surface area contributed by atoms with Crippen LogP contribution in [0.2, 0.25) is 5.02 Å². The number of amides is 1. The number of nitrogens with zero attached hydrogens (tertiary/aromatic N) is 6. The van der Waals surface area contributed by atoms with E-state index < -0.39 is 4.92 Å². The van der Waals surface area contributed by atoms with Crippen molar-refractivity contribution in [2.45, 2.75) is 6.42 Å². The number of hydrogen-bond acceptors (Lipinski definition) is 6. The Bertz CT molecular complexity index is 1030. The first-order valence-corrected chi connectivity index (χ1v) is 9.14. The number of aromatic nitrogens is 3. The van der Waals surface area contributed by atoms with Crippen LogP contribution < -0.4 is 4.90 Å². The second-order valence-electron chi connectivity index (χ2n) is 6.52. The zero-order valence-electron chi connectivity index (χ0n) is 14.9. The number of anilines is 1. The molecule has 9 nitrogen and oxygen atoms in total. The highest BCUT2D eigenvalue weighted by molar-refractivity contribution is 6.30. The highest BCUT2D eigenvalue weighted by atomic mass is 35.5. The molecule has 1 aliphatic rings. The minimum Gasteiger partial charge on any atom is -0.353 e. The van der Waals surface area contributed by atoms with Crippen LogP contribution in [0, 0.1) is 10.1 Å². The van der Waals surface area contributed by atoms with Crippen molar-refractivity contribution < 1.29 is 9.72 Å². The van der Waals surface area contributed by atoms with Crippen LogP contribution in [0.25, 0.3) is 5.65 Å². The molecule has 0 spiro atoms. The number of pyridine rings is 2. The number of imidazole rings is 1. The molecule has 28 heavy (non-hydrogen) atoms. The van der Waals surface area contributed by atoms with Crippen molar-refractivity contribution in [3.63, 3.8) is 0 Å². The Hall–Kier alpha value is -3.20. The van der Waals surface area contributed by atoms with E-state index in [4.69, 9.17) is 11.6 Å². The van der Waals surface area contributed by atoms with Crippen molar-refractivity contribution in [2.75, 3.05) is 31.1 Å². The van der Waals surface area contributed by atoms with Gasteiger partial charge in [-0.25, -0.2) is 9.97 Å². The topological polar surface area (TPSA) is 96.9 Å². The molecule has 0 atom stereocenters. The molecule has 4 heterocycles. The van der Waals surface area contributed by atoms with Gasteiger partial charge in [0.05, 0.1) is 22.1 Å². The smallest absolute Gasteiger partial charge is 0.287 e. The highest BCUT2D eigenvalue weighted by Crippen LogP contribution is 2.18. The maximum Gasteiger partial charge on any atom is 0.287 e. The van der Waals surface area contributed by atoms with Gasteiger partial charge >= 0.3 is 0 Å². The highest BCUT2D eigenvalue weighted by Gasteiger charge is 2.23. The zero-order chi connectivity index (χ0) is 19.7. The van der Waals surface area contributed by atoms with Gasteiger partial charge in [-0.05, 0) is 18.2 Å². The van der Waals surface area contributed by atoms with Crippen molar-refractivity contribution in [3.8, 4) is 0 Å². The predicted octanol–water partition coefficient (Wildman–Crippen LogP) is 2.18. The Morgan fingerprint density at radius 3 is 2.61 bits per heavy atom. The number of hydrogen-bond donors (Lipinski definition) is 0. The summed E-state index contributed by atoms with van der Waals surface area (Å²) in [7, 11) is 0. The van der Waals surface area contributed by atoms with Crippen molar-refractivity contribution in [2.24, 2.45) is 0 Å². The van der Waals surface area contributed by atoms with Crippen molar-refractivity contribution >= 4 is 34.7 Å². The largest absolute Gasteiger partial charge is 0.353 e. The number of nitro groups is 1. The molecular weight excluding hydrogens is 384 g/mol. The Morgan fingerprint density at radius 2 is 1.93 bits per heavy atom. The summed E-state index contributed by atoms with van der Waals surface area (Å²) in [4.78, 5) is 35.3. The van der Waals surface area contributed by atoms with Gasteiger partial charge in [-0.2, -0.15) is 0 Å². The number of rotatable bonds is 4. The number of carbonyl (C=O) groups excluding carboxylic acids is 1. The summed E-state index contributed by atoms with van der Waals surface area (Å²) in [6.45, 7) is 2.38. The summed E-state index contributed by atoms with van der Waals surface area (Å²) in [5, 5.41) is 11.3. The fourth-order valence-corrected chi connectivity index (χ4v) is 3.40. The van der Waals surface area contributed by atoms with E-state index >= 15 is 0 Å². The van der Waals surface area contributed by atoms with E-state index in [1.54, 1.807) is 23.2 Å². The third-order valence-corrected chi connectivity index (χ3v) is 4.92. The first-order valence-electron chi connectivity index (χ1n) is 8.76. The van der Waals surface area contributed by atoms with Crippen LogP contribution in [0.3, 0.4) is 0 Å². The molecule has 1 aliphatic heterocycles. The average molecular weight is 401 g/mol. The van der Waals surface area contributed by atoms with Gasteiger partial charge in [0, 0.05) is 44.6 Å². The normalized spacial score (nSPS) is 14.5. The van der Waals surface area contributed by atoms with Gasteiger partial charge < -0.3 is 14.2 Å². The minimum absolute atomic E-state index is 0.0193. The summed E-state index contributed by atoms with van der Waals surface area (Å²) in [5.41, 5.74) is 1.42. The summed E-state index contributed by atoms with van der Waals surface area (Å²) >= 11 is 5.98. The van der Waals surface area contributed by atoms with E-state index in [9.17, 15) is 14.9 Å². The second kappa shape index (κ2) is 7.43. The van der Waals surface area contributed by atoms with Crippen LogP contribution >= 0.6 is 11.6 Å². The molecular formula is C18H17ClN6O3. The lowest BCUT2D eigenvalue weighted by molar-refractivity contribution is -0.385. The molecule has 0 saturated carbocycles. The van der Waals surface area contributed by atoms with E-state index in [0.717, 1.165) is 5.65 Å². The molecule has 0 aliphatic carbocycles. The van der Waals surface area contributed by atoms with Gasteiger partial charge in [0.25, 0.3) is 5.69 Å². The van der Waals surface area contributed by atoms with E-state index in [2.05, 4.69) is 9.97 Å². The fraction of sp³-hybridized carbons (Fsp3) is 0.278. The number of fused-ring (bicyclic) bond motifs is 1. The maximum atomic E-state index is 12.6. The Morgan fingerprint density at radius 1 is 1.14 bits per heavy atom. The van der Waals surface area contributed by atoms with Crippen molar-refractivity contribution in [1.82, 2.24) is 19.3 Å². The molecule has 0 bridgehead atoms. The summed E-state index contributed by atoms with van der Waals surface area (Å²) in [6, 6.07) is 6.65. The van der Waals surface area contributed by atoms with Gasteiger partial charge in [-0.1, -0.05) is 11.6 Å². The SMILES string of the molecule is O=C(Cc1cn2cc(Cl)ccc2n1)N1CCN(c2ccc([N+](=O)[O-])cn2)CC1. The third kappa shape index (κ3) is 3.74. The van der Waals surface area contributed by atoms with E-state index in [1.165, 1.54) is 12.3 Å². The molecule has 0 unspecified atom stereocenters. The molecule has 1 amide bonds. The molecule has 0 radical (unpaired) electrons. The first kappa shape index (κ1) is 18.2. The molecule has 1 saturated heterocycles. The predicted molar refractivity (Wildman–Crippen MR) is 104 cm³/mol. The summed E-state index contributed by atoms with van der Waals surface area (Å²) in [5.74, 6) is 0.695. The Labute approximate surface area is 165 Å². The van der Waals surface area contributed by atoms with Crippen LogP contribution in [0.5, 0.6) is 0 Å². The van der Waals surface area contributed by atoms with Crippen LogP contribution in [0.1, 0.15) is 5.69 Å². The molecule has 144 valence electrons. The Kier molecular flexibility index (Phi) is 4.82. The number of halogens is 1. The number of carbonyl (C=O) groups is 1. The molecule has 10 heteroatoms. The quantitative estimate of drug-likeness (QED) is 0.492. The van der Waals surface area contributed by atoms with E-state index in [1.807, 2.05) is 21.6 Å². The maximum absolute atomic E-state index is 12.6. The minimum atomic E-state index is -0.472. The van der Waals surface area contributed by atoms with E-state index in [0.29, 0.717) is 42.7 Å². The molecule has 4 rings (SSSR count). The first-order chi connectivity index (χ1) is 13.5. The summed E-state index contributed by atoms with van der Waals surface area (Å²) in [6.07, 6.45) is 5.06. The molecule has 3 aromatic rings. The third-order valence-electron chi connectivity index (χ3n) is 4.70. The van der Waals surface area contributed by atoms with Gasteiger partial charge in [0.2, 0.25) is 5.91 Å². The van der Waals surface area contributed by atoms with Gasteiger partial charge in [0.15, 0.2) is 0 Å². The van der Waals surface area contributed by atoms with Crippen LogP contribution in [-0.4, -0.2) is 56.3 Å². The number of piperazine rings is 1. The lowest BCUT2D eigenvalue weighted by Gasteiger charge is -2.35. The summed E-state index contributed by atoms with van der Waals surface area (Å²) < 4.78 is 1.81. The monoisotopic (exact) mass is 400 g/mol. The second-order valence-corrected chi connectivity index (χ2v) is 6.96. The fourth-order valence-electron chi connectivity index (χ4n) is 3.23. The van der Waals surface area contributed by atoms with Crippen LogP contribution in [0.4, 0.5) is 11.5 Å². The van der Waals surface area contributed by atoms with Gasteiger partial charge in [-0.3, -0.25) is 14.9 Å². The average Bonchev–Trinajstić information content (AvgIpc) is 3.09. The van der Waals surface area contributed by atoms with Crippen LogP contribution in [0.15, 0.2) is 42.9 Å². The lowest BCUT2D eigenvalue weighted by Crippen LogP contribution is -2.49. The standard InChI is InChI=1S/C18H17ClN6O3/c19-13-1-3-17-21-14(12-24(17)11-13)9-18(26)23-7-5-22(6-8-23)16-4-2-15(10-20-16)25(27)28/h1-4,10-12H,5-9H2. The Balaban J connectivity index is 1.36.